The van der Waals surface area contributed by atoms with Crippen molar-refractivity contribution >= 4 is 28.5 Å². The summed E-state index contributed by atoms with van der Waals surface area (Å²) < 4.78 is 0. The van der Waals surface area contributed by atoms with Gasteiger partial charge in [0.2, 0.25) is 0 Å². The van der Waals surface area contributed by atoms with Crippen molar-refractivity contribution < 1.29 is 15.0 Å². The summed E-state index contributed by atoms with van der Waals surface area (Å²) in [7, 11) is 0. The number of aliphatic hydroxyl groups is 2. The van der Waals surface area contributed by atoms with Crippen molar-refractivity contribution in [3.63, 3.8) is 0 Å². The van der Waals surface area contributed by atoms with Crippen molar-refractivity contribution in [2.45, 2.75) is 25.6 Å². The molecule has 1 aromatic rings. The lowest BCUT2D eigenvalue weighted by Gasteiger charge is -2.19. The number of aliphatic hydroxyl groups excluding tert-OH is 2. The first-order valence-electron chi connectivity index (χ1n) is 5.64. The quantitative estimate of drug-likeness (QED) is 0.871. The smallest absolute Gasteiger partial charge is 0.185 e. The fraction of sp³-hybridized carbons (Fsp3) is 0.385. The molecule has 0 saturated heterocycles. The predicted molar refractivity (Wildman–Crippen MR) is 74.9 cm³/mol. The Morgan fingerprint density at radius 1 is 1.53 bits per heavy atom. The largest absolute Gasteiger partial charge is 0.390 e. The summed E-state index contributed by atoms with van der Waals surface area (Å²) in [6.45, 7) is 1.44. The second-order valence-electron chi connectivity index (χ2n) is 3.98. The summed E-state index contributed by atoms with van der Waals surface area (Å²) in [4.78, 5) is 10.8. The lowest BCUT2D eigenvalue weighted by Crippen LogP contribution is -2.20. The van der Waals surface area contributed by atoms with Crippen molar-refractivity contribution in [3.8, 4) is 6.07 Å². The van der Waals surface area contributed by atoms with Gasteiger partial charge in [-0.05, 0) is 24.6 Å². The third kappa shape index (κ3) is 4.84. The lowest BCUT2D eigenvalue weighted by atomic mass is 9.98. The zero-order chi connectivity index (χ0) is 14.4. The molecule has 0 fully saturated rings. The van der Waals surface area contributed by atoms with Crippen LogP contribution in [0.5, 0.6) is 0 Å². The van der Waals surface area contributed by atoms with Crippen LogP contribution in [0.3, 0.4) is 0 Å². The Kier molecular flexibility index (Phi) is 6.32. The van der Waals surface area contributed by atoms with Gasteiger partial charge in [0.05, 0.1) is 17.7 Å². The van der Waals surface area contributed by atoms with Crippen LogP contribution in [0.25, 0.3) is 0 Å². The van der Waals surface area contributed by atoms with Gasteiger partial charge in [0.1, 0.15) is 6.10 Å². The molecule has 0 aromatic heterocycles. The van der Waals surface area contributed by atoms with Gasteiger partial charge in [-0.3, -0.25) is 4.79 Å². The number of carbonyl (C=O) groups is 1. The molecule has 2 N–H and O–H groups in total. The number of hydrogen-bond acceptors (Lipinski definition) is 5. The molecule has 0 spiro atoms. The van der Waals surface area contributed by atoms with Crippen LogP contribution >= 0.6 is 23.4 Å². The molecule has 0 aliphatic carbocycles. The fourth-order valence-electron chi connectivity index (χ4n) is 1.57. The van der Waals surface area contributed by atoms with Gasteiger partial charge in [-0.1, -0.05) is 23.4 Å². The van der Waals surface area contributed by atoms with Gasteiger partial charge in [0, 0.05) is 23.3 Å². The Bertz CT molecular complexity index is 501. The van der Waals surface area contributed by atoms with Crippen molar-refractivity contribution in [2.24, 2.45) is 0 Å². The van der Waals surface area contributed by atoms with E-state index in [1.54, 1.807) is 6.07 Å². The van der Waals surface area contributed by atoms with E-state index in [4.69, 9.17) is 16.9 Å². The van der Waals surface area contributed by atoms with E-state index >= 15 is 0 Å². The molecule has 0 bridgehead atoms. The predicted octanol–water partition coefficient (Wildman–Crippen LogP) is 2.28. The summed E-state index contributed by atoms with van der Waals surface area (Å²) in [5.41, 5.74) is 0.575. The zero-order valence-electron chi connectivity index (χ0n) is 10.3. The molecule has 4 nitrogen and oxygen atoms in total. The normalized spacial score (nSPS) is 13.6. The monoisotopic (exact) mass is 299 g/mol. The molecule has 6 heteroatoms. The second-order valence-corrected chi connectivity index (χ2v) is 5.69. The highest BCUT2D eigenvalue weighted by atomic mass is 35.5. The Balaban J connectivity index is 2.76. The van der Waals surface area contributed by atoms with E-state index < -0.39 is 12.2 Å². The van der Waals surface area contributed by atoms with E-state index in [2.05, 4.69) is 0 Å². The first-order valence-corrected chi connectivity index (χ1v) is 7.01. The molecule has 0 saturated carbocycles. The minimum Gasteiger partial charge on any atom is -0.390 e. The van der Waals surface area contributed by atoms with Crippen LogP contribution in [0, 0.1) is 11.3 Å². The molecular weight excluding hydrogens is 286 g/mol. The number of carbonyl (C=O) groups excluding carboxylic acids is 1. The number of rotatable bonds is 5. The maximum atomic E-state index is 10.8. The molecule has 1 aromatic carbocycles. The lowest BCUT2D eigenvalue weighted by molar-refractivity contribution is -0.109. The van der Waals surface area contributed by atoms with Gasteiger partial charge in [-0.2, -0.15) is 5.26 Å². The Morgan fingerprint density at radius 2 is 2.21 bits per heavy atom. The van der Waals surface area contributed by atoms with E-state index in [1.807, 2.05) is 6.07 Å². The standard InChI is InChI=1S/C13H14ClNO3S/c1-8(16)19-5-4-12(17)13(18)11-6-10(14)3-2-9(11)7-15/h2-3,6,12-13,17-18H,4-5H2,1H3. The molecule has 0 aliphatic heterocycles. The van der Waals surface area contributed by atoms with Crippen LogP contribution in [0.1, 0.15) is 30.6 Å². The molecule has 102 valence electrons. The van der Waals surface area contributed by atoms with Crippen molar-refractivity contribution in [2.75, 3.05) is 5.75 Å². The van der Waals surface area contributed by atoms with Crippen LogP contribution in [0.15, 0.2) is 18.2 Å². The van der Waals surface area contributed by atoms with Gasteiger partial charge in [0.25, 0.3) is 0 Å². The average Bonchev–Trinajstić information content (AvgIpc) is 2.37. The Hall–Kier alpha value is -1.06. The number of nitrogens with zero attached hydrogens (tertiary/aromatic N) is 1. The highest BCUT2D eigenvalue weighted by Gasteiger charge is 2.21. The van der Waals surface area contributed by atoms with Crippen molar-refractivity contribution in [3.05, 3.63) is 34.3 Å². The highest BCUT2D eigenvalue weighted by Crippen LogP contribution is 2.26. The summed E-state index contributed by atoms with van der Waals surface area (Å²) in [5.74, 6) is 0.413. The van der Waals surface area contributed by atoms with Crippen LogP contribution < -0.4 is 0 Å². The van der Waals surface area contributed by atoms with E-state index in [0.29, 0.717) is 16.3 Å². The van der Waals surface area contributed by atoms with E-state index in [-0.39, 0.29) is 17.1 Å². The Morgan fingerprint density at radius 3 is 2.79 bits per heavy atom. The molecule has 2 atom stereocenters. The topological polar surface area (TPSA) is 81.3 Å². The molecule has 0 amide bonds. The van der Waals surface area contributed by atoms with Crippen molar-refractivity contribution in [1.29, 1.82) is 5.26 Å². The molecule has 0 radical (unpaired) electrons. The average molecular weight is 300 g/mol. The Labute approximate surface area is 121 Å². The molecule has 0 heterocycles. The van der Waals surface area contributed by atoms with Crippen LogP contribution in [-0.4, -0.2) is 27.2 Å². The number of hydrogen-bond donors (Lipinski definition) is 2. The first kappa shape index (κ1) is 16.0. The summed E-state index contributed by atoms with van der Waals surface area (Å²) in [6.07, 6.45) is -1.98. The number of nitriles is 1. The third-order valence-electron chi connectivity index (χ3n) is 2.54. The van der Waals surface area contributed by atoms with Gasteiger partial charge >= 0.3 is 0 Å². The van der Waals surface area contributed by atoms with Gasteiger partial charge < -0.3 is 10.2 Å². The van der Waals surface area contributed by atoms with Gasteiger partial charge in [-0.25, -0.2) is 0 Å². The minimum atomic E-state index is -1.19. The molecule has 1 rings (SSSR count). The fourth-order valence-corrected chi connectivity index (χ4v) is 2.40. The van der Waals surface area contributed by atoms with Crippen LogP contribution in [-0.2, 0) is 4.79 Å². The zero-order valence-corrected chi connectivity index (χ0v) is 11.9. The molecule has 0 aliphatic rings. The van der Waals surface area contributed by atoms with Gasteiger partial charge in [-0.15, -0.1) is 0 Å². The SMILES string of the molecule is CC(=O)SCCC(O)C(O)c1cc(Cl)ccc1C#N. The van der Waals surface area contributed by atoms with Crippen molar-refractivity contribution in [1.82, 2.24) is 0 Å². The third-order valence-corrected chi connectivity index (χ3v) is 3.62. The van der Waals surface area contributed by atoms with E-state index in [9.17, 15) is 15.0 Å². The second kappa shape index (κ2) is 7.51. The first-order chi connectivity index (χ1) is 8.95. The highest BCUT2D eigenvalue weighted by molar-refractivity contribution is 8.13. The molecule has 2 unspecified atom stereocenters. The summed E-state index contributed by atoms with van der Waals surface area (Å²) in [5, 5.41) is 29.2. The van der Waals surface area contributed by atoms with Crippen LogP contribution in [0.2, 0.25) is 5.02 Å². The summed E-state index contributed by atoms with van der Waals surface area (Å²) in [6, 6.07) is 6.46. The molecular formula is C13H14ClNO3S. The summed E-state index contributed by atoms with van der Waals surface area (Å²) >= 11 is 6.90. The van der Waals surface area contributed by atoms with Crippen LogP contribution in [0.4, 0.5) is 0 Å². The van der Waals surface area contributed by atoms with E-state index in [0.717, 1.165) is 11.8 Å². The maximum Gasteiger partial charge on any atom is 0.185 e. The van der Waals surface area contributed by atoms with Gasteiger partial charge in [0.15, 0.2) is 5.12 Å². The maximum absolute atomic E-state index is 10.8. The van der Waals surface area contributed by atoms with E-state index in [1.165, 1.54) is 19.1 Å². The molecule has 19 heavy (non-hydrogen) atoms. The number of halogens is 1. The number of benzene rings is 1. The number of thioether (sulfide) groups is 1. The minimum absolute atomic E-state index is 0.0397.